The van der Waals surface area contributed by atoms with Gasteiger partial charge in [0, 0.05) is 5.56 Å². The molecule has 0 bridgehead atoms. The van der Waals surface area contributed by atoms with Crippen molar-refractivity contribution in [2.24, 2.45) is 0 Å². The lowest BCUT2D eigenvalue weighted by Gasteiger charge is -2.10. The number of hydrogen-bond acceptors (Lipinski definition) is 6. The summed E-state index contributed by atoms with van der Waals surface area (Å²) in [7, 11) is 0. The van der Waals surface area contributed by atoms with Crippen LogP contribution >= 0.6 is 12.4 Å². The van der Waals surface area contributed by atoms with E-state index in [-0.39, 0.29) is 29.8 Å². The third-order valence-electron chi connectivity index (χ3n) is 5.29. The van der Waals surface area contributed by atoms with Crippen molar-refractivity contribution in [2.45, 2.75) is 18.9 Å². The van der Waals surface area contributed by atoms with Crippen molar-refractivity contribution in [3.63, 3.8) is 0 Å². The summed E-state index contributed by atoms with van der Waals surface area (Å²) in [6.45, 7) is 0. The molecule has 0 spiro atoms. The van der Waals surface area contributed by atoms with Crippen LogP contribution in [0.5, 0.6) is 5.75 Å². The predicted molar refractivity (Wildman–Crippen MR) is 112 cm³/mol. The predicted octanol–water partition coefficient (Wildman–Crippen LogP) is 3.41. The maximum absolute atomic E-state index is 10.1. The highest BCUT2D eigenvalue weighted by Crippen LogP contribution is 2.37. The number of benzene rings is 2. The molecule has 29 heavy (non-hydrogen) atoms. The highest BCUT2D eigenvalue weighted by Gasteiger charge is 2.27. The number of hydrogen-bond donors (Lipinski definition) is 2. The number of aromatic nitrogens is 4. The highest BCUT2D eigenvalue weighted by atomic mass is 35.5. The first-order valence-electron chi connectivity index (χ1n) is 8.94. The summed E-state index contributed by atoms with van der Waals surface area (Å²) in [5.74, 6) is 0.247. The van der Waals surface area contributed by atoms with Crippen molar-refractivity contribution in [3.8, 4) is 23.1 Å². The zero-order valence-corrected chi connectivity index (χ0v) is 16.1. The van der Waals surface area contributed by atoms with E-state index in [0.717, 1.165) is 12.8 Å². The monoisotopic (exact) mass is 404 g/mol. The van der Waals surface area contributed by atoms with Crippen LogP contribution in [0.2, 0.25) is 0 Å². The molecule has 7 nitrogen and oxygen atoms in total. The summed E-state index contributed by atoms with van der Waals surface area (Å²) < 4.78 is 1.91. The molecule has 2 aromatic heterocycles. The molecule has 0 atom stereocenters. The van der Waals surface area contributed by atoms with Crippen molar-refractivity contribution in [1.29, 1.82) is 5.26 Å². The summed E-state index contributed by atoms with van der Waals surface area (Å²) in [6, 6.07) is 15.3. The van der Waals surface area contributed by atoms with Gasteiger partial charge >= 0.3 is 0 Å². The lowest BCUT2D eigenvalue weighted by atomic mass is 10.1. The number of aromatic hydroxyl groups is 1. The van der Waals surface area contributed by atoms with Gasteiger partial charge in [-0.15, -0.1) is 12.4 Å². The first-order valence-corrected chi connectivity index (χ1v) is 8.94. The van der Waals surface area contributed by atoms with E-state index in [4.69, 9.17) is 16.1 Å². The summed E-state index contributed by atoms with van der Waals surface area (Å²) in [5, 5.41) is 24.6. The van der Waals surface area contributed by atoms with Crippen molar-refractivity contribution in [1.82, 2.24) is 19.7 Å². The van der Waals surface area contributed by atoms with Crippen molar-refractivity contribution in [3.05, 3.63) is 65.5 Å². The molecule has 3 N–H and O–H groups in total. The second-order valence-electron chi connectivity index (χ2n) is 6.93. The Morgan fingerprint density at radius 3 is 2.48 bits per heavy atom. The van der Waals surface area contributed by atoms with Gasteiger partial charge in [-0.2, -0.15) is 10.4 Å². The van der Waals surface area contributed by atoms with Gasteiger partial charge < -0.3 is 10.8 Å². The normalized spacial score (nSPS) is 13.1. The van der Waals surface area contributed by atoms with Crippen LogP contribution in [0.15, 0.2) is 48.8 Å². The van der Waals surface area contributed by atoms with Gasteiger partial charge in [0.05, 0.1) is 17.0 Å². The summed E-state index contributed by atoms with van der Waals surface area (Å²) in [6.07, 6.45) is 3.18. The summed E-state index contributed by atoms with van der Waals surface area (Å²) >= 11 is 0. The molecular weight excluding hydrogens is 388 g/mol. The molecule has 0 aliphatic heterocycles. The number of nitrogens with zero attached hydrogens (tertiary/aromatic N) is 5. The molecule has 8 heteroatoms. The fourth-order valence-corrected chi connectivity index (χ4v) is 3.93. The van der Waals surface area contributed by atoms with Gasteiger partial charge in [-0.25, -0.2) is 14.6 Å². The van der Waals surface area contributed by atoms with Gasteiger partial charge in [0.15, 0.2) is 5.65 Å². The largest absolute Gasteiger partial charge is 0.507 e. The molecule has 0 saturated carbocycles. The Morgan fingerprint density at radius 2 is 1.83 bits per heavy atom. The fourth-order valence-electron chi connectivity index (χ4n) is 3.93. The van der Waals surface area contributed by atoms with Crippen LogP contribution in [0.4, 0.5) is 5.82 Å². The molecule has 1 aliphatic rings. The number of nitrogens with two attached hydrogens (primary N) is 1. The van der Waals surface area contributed by atoms with Crippen LogP contribution in [0.1, 0.15) is 22.7 Å². The van der Waals surface area contributed by atoms with Gasteiger partial charge in [0.25, 0.3) is 0 Å². The molecule has 0 unspecified atom stereocenters. The van der Waals surface area contributed by atoms with E-state index >= 15 is 0 Å². The van der Waals surface area contributed by atoms with Gasteiger partial charge in [-0.1, -0.05) is 30.3 Å². The SMILES string of the molecule is Cl.N#Cc1ccc(-c2nn(C3Cc4ccccc4C3)c3ncnc(N)c23)cc1O. The molecule has 4 aromatic rings. The molecule has 2 aromatic carbocycles. The van der Waals surface area contributed by atoms with Gasteiger partial charge in [0.1, 0.15) is 29.7 Å². The van der Waals surface area contributed by atoms with Gasteiger partial charge in [-0.05, 0) is 36.1 Å². The Balaban J connectivity index is 0.00000205. The van der Waals surface area contributed by atoms with Crippen molar-refractivity contribution >= 4 is 29.3 Å². The first-order chi connectivity index (χ1) is 13.7. The molecule has 1 aliphatic carbocycles. The molecule has 144 valence electrons. The van der Waals surface area contributed by atoms with E-state index in [1.165, 1.54) is 23.5 Å². The number of halogens is 1. The number of fused-ring (bicyclic) bond motifs is 2. The molecule has 0 amide bonds. The molecule has 0 fully saturated rings. The number of nitrogen functional groups attached to an aromatic ring is 1. The minimum absolute atomic E-state index is 0. The van der Waals surface area contributed by atoms with Crippen molar-refractivity contribution in [2.75, 3.05) is 5.73 Å². The maximum Gasteiger partial charge on any atom is 0.164 e. The molecule has 2 heterocycles. The van der Waals surface area contributed by atoms with Crippen LogP contribution in [0, 0.1) is 11.3 Å². The molecule has 0 radical (unpaired) electrons. The van der Waals surface area contributed by atoms with Crippen LogP contribution in [-0.2, 0) is 12.8 Å². The van der Waals surface area contributed by atoms with Crippen LogP contribution in [0.25, 0.3) is 22.3 Å². The fraction of sp³-hybridized carbons (Fsp3) is 0.143. The van der Waals surface area contributed by atoms with Gasteiger partial charge in [-0.3, -0.25) is 0 Å². The maximum atomic E-state index is 10.1. The number of rotatable bonds is 2. The van der Waals surface area contributed by atoms with Gasteiger partial charge in [0.2, 0.25) is 0 Å². The zero-order chi connectivity index (χ0) is 19.3. The quantitative estimate of drug-likeness (QED) is 0.529. The first kappa shape index (κ1) is 18.7. The standard InChI is InChI=1S/C21H16N6O.ClH/c22-10-15-6-5-14(9-17(15)28)19-18-20(23)24-11-25-21(18)27(26-19)16-7-12-3-1-2-4-13(12)8-16;/h1-6,9,11,16,28H,7-8H2,(H2,23,24,25);1H. The minimum Gasteiger partial charge on any atom is -0.507 e. The van der Waals surface area contributed by atoms with Crippen LogP contribution < -0.4 is 5.73 Å². The number of phenols is 1. The average molecular weight is 405 g/mol. The Morgan fingerprint density at radius 1 is 1.10 bits per heavy atom. The van der Waals surface area contributed by atoms with E-state index < -0.39 is 0 Å². The Kier molecular flexibility index (Phi) is 4.57. The third-order valence-corrected chi connectivity index (χ3v) is 5.29. The topological polar surface area (TPSA) is 114 Å². The lowest BCUT2D eigenvalue weighted by molar-refractivity contribution is 0.473. The lowest BCUT2D eigenvalue weighted by Crippen LogP contribution is -2.11. The second kappa shape index (κ2) is 7.08. The summed E-state index contributed by atoms with van der Waals surface area (Å²) in [5.41, 5.74) is 10.9. The van der Waals surface area contributed by atoms with E-state index in [2.05, 4.69) is 22.1 Å². The van der Waals surface area contributed by atoms with E-state index in [1.807, 2.05) is 22.9 Å². The molecular formula is C21H17ClN6O. The Labute approximate surface area is 172 Å². The van der Waals surface area contributed by atoms with Crippen molar-refractivity contribution < 1.29 is 5.11 Å². The smallest absolute Gasteiger partial charge is 0.164 e. The highest BCUT2D eigenvalue weighted by molar-refractivity contribution is 5.98. The number of anilines is 1. The zero-order valence-electron chi connectivity index (χ0n) is 15.3. The Hall–Kier alpha value is -3.63. The van der Waals surface area contributed by atoms with E-state index in [9.17, 15) is 5.11 Å². The minimum atomic E-state index is -0.0913. The average Bonchev–Trinajstić information content (AvgIpc) is 3.30. The second-order valence-corrected chi connectivity index (χ2v) is 6.93. The van der Waals surface area contributed by atoms with Crippen LogP contribution in [-0.4, -0.2) is 24.9 Å². The molecule has 0 saturated heterocycles. The van der Waals surface area contributed by atoms with Crippen LogP contribution in [0.3, 0.4) is 0 Å². The number of phenolic OH excluding ortho intramolecular Hbond substituents is 1. The molecule has 5 rings (SSSR count). The van der Waals surface area contributed by atoms with E-state index in [0.29, 0.717) is 28.1 Å². The number of nitriles is 1. The Bertz CT molecular complexity index is 1250. The third kappa shape index (κ3) is 2.94. The van der Waals surface area contributed by atoms with E-state index in [1.54, 1.807) is 12.1 Å². The summed E-state index contributed by atoms with van der Waals surface area (Å²) in [4.78, 5) is 8.57.